The molecule has 0 bridgehead atoms. The number of alkyl halides is 1. The third kappa shape index (κ3) is 4.58. The summed E-state index contributed by atoms with van der Waals surface area (Å²) >= 11 is 9.56. The van der Waals surface area contributed by atoms with Gasteiger partial charge in [-0.05, 0) is 27.9 Å². The molecule has 5 heteroatoms. The maximum Gasteiger partial charge on any atom is 0.252 e. The summed E-state index contributed by atoms with van der Waals surface area (Å²) in [7, 11) is 0. The molecule has 1 unspecified atom stereocenters. The monoisotopic (exact) mass is 332 g/mol. The maximum atomic E-state index is 11.9. The Labute approximate surface area is 121 Å². The second kappa shape index (κ2) is 7.74. The molecule has 100 valence electrons. The molecule has 0 saturated heterocycles. The summed E-state index contributed by atoms with van der Waals surface area (Å²) in [5, 5.41) is 2.82. The first-order valence-corrected chi connectivity index (χ1v) is 7.34. The van der Waals surface area contributed by atoms with E-state index >= 15 is 0 Å². The molecule has 1 heterocycles. The zero-order chi connectivity index (χ0) is 13.5. The van der Waals surface area contributed by atoms with Crippen LogP contribution in [0, 0.1) is 5.92 Å². The average Bonchev–Trinajstić information content (AvgIpc) is 2.37. The molecule has 0 spiro atoms. The van der Waals surface area contributed by atoms with Crippen molar-refractivity contribution in [3.8, 4) is 0 Å². The van der Waals surface area contributed by atoms with Crippen molar-refractivity contribution >= 4 is 33.4 Å². The van der Waals surface area contributed by atoms with Gasteiger partial charge in [-0.25, -0.2) is 0 Å². The van der Waals surface area contributed by atoms with Gasteiger partial charge in [-0.15, -0.1) is 11.6 Å². The molecule has 0 aliphatic carbocycles. The van der Waals surface area contributed by atoms with Gasteiger partial charge in [0.25, 0.3) is 5.91 Å². The lowest BCUT2D eigenvalue weighted by Gasteiger charge is -2.19. The van der Waals surface area contributed by atoms with Crippen LogP contribution in [0.3, 0.4) is 0 Å². The molecule has 0 radical (unpaired) electrons. The van der Waals surface area contributed by atoms with Crippen LogP contribution in [0.4, 0.5) is 0 Å². The van der Waals surface area contributed by atoms with Crippen molar-refractivity contribution in [2.75, 3.05) is 6.54 Å². The van der Waals surface area contributed by atoms with Gasteiger partial charge in [0.1, 0.15) is 0 Å². The molecule has 0 fully saturated rings. The summed E-state index contributed by atoms with van der Waals surface area (Å²) in [4.78, 5) is 15.8. The van der Waals surface area contributed by atoms with Crippen LogP contribution in [-0.2, 0) is 0 Å². The minimum atomic E-state index is -0.139. The number of carbonyl (C=O) groups excluding carboxylic acids is 1. The van der Waals surface area contributed by atoms with E-state index in [1.54, 1.807) is 18.5 Å². The van der Waals surface area contributed by atoms with Gasteiger partial charge in [0.05, 0.1) is 10.9 Å². The first-order chi connectivity index (χ1) is 8.58. The molecule has 1 rings (SSSR count). The number of pyridine rings is 1. The van der Waals surface area contributed by atoms with Crippen molar-refractivity contribution in [1.29, 1.82) is 0 Å². The van der Waals surface area contributed by atoms with Crippen LogP contribution in [0.25, 0.3) is 0 Å². The summed E-state index contributed by atoms with van der Waals surface area (Å²) in [6, 6.07) is 1.74. The maximum absolute atomic E-state index is 11.9. The topological polar surface area (TPSA) is 42.0 Å². The van der Waals surface area contributed by atoms with Crippen LogP contribution < -0.4 is 5.32 Å². The van der Waals surface area contributed by atoms with Crippen LogP contribution in [-0.4, -0.2) is 22.8 Å². The molecule has 0 saturated carbocycles. The molecule has 0 aromatic carbocycles. The Hall–Kier alpha value is -0.610. The number of hydrogen-bond donors (Lipinski definition) is 1. The average molecular weight is 334 g/mol. The number of hydrogen-bond acceptors (Lipinski definition) is 2. The first-order valence-electron chi connectivity index (χ1n) is 6.11. The van der Waals surface area contributed by atoms with Crippen molar-refractivity contribution in [2.24, 2.45) is 5.92 Å². The Morgan fingerprint density at radius 3 is 2.67 bits per heavy atom. The molecular weight excluding hydrogens is 316 g/mol. The van der Waals surface area contributed by atoms with E-state index in [4.69, 9.17) is 11.6 Å². The number of amides is 1. The smallest absolute Gasteiger partial charge is 0.252 e. The molecular formula is C13H18BrClN2O. The SMILES string of the molecule is CCC(CC)C(Cl)CNC(=O)c1cncc(Br)c1. The van der Waals surface area contributed by atoms with E-state index in [0.717, 1.165) is 17.3 Å². The van der Waals surface area contributed by atoms with E-state index < -0.39 is 0 Å². The quantitative estimate of drug-likeness (QED) is 0.808. The fourth-order valence-electron chi connectivity index (χ4n) is 1.80. The number of rotatable bonds is 6. The molecule has 3 nitrogen and oxygen atoms in total. The Bertz CT molecular complexity index is 396. The predicted molar refractivity (Wildman–Crippen MR) is 78.0 cm³/mol. The van der Waals surface area contributed by atoms with Crippen LogP contribution in [0.15, 0.2) is 22.9 Å². The van der Waals surface area contributed by atoms with Gasteiger partial charge in [-0.2, -0.15) is 0 Å². The number of aromatic nitrogens is 1. The molecule has 1 amide bonds. The van der Waals surface area contributed by atoms with Gasteiger partial charge < -0.3 is 5.32 Å². The van der Waals surface area contributed by atoms with Gasteiger partial charge in [0, 0.05) is 23.4 Å². The van der Waals surface area contributed by atoms with Crippen molar-refractivity contribution < 1.29 is 4.79 Å². The lowest BCUT2D eigenvalue weighted by Crippen LogP contribution is -2.33. The fourth-order valence-corrected chi connectivity index (χ4v) is 2.59. The fraction of sp³-hybridized carbons (Fsp3) is 0.538. The van der Waals surface area contributed by atoms with E-state index in [1.807, 2.05) is 0 Å². The van der Waals surface area contributed by atoms with E-state index in [9.17, 15) is 4.79 Å². The highest BCUT2D eigenvalue weighted by atomic mass is 79.9. The predicted octanol–water partition coefficient (Wildman–Crippen LogP) is 3.62. The van der Waals surface area contributed by atoms with Gasteiger partial charge in [-0.3, -0.25) is 9.78 Å². The molecule has 1 aromatic rings. The van der Waals surface area contributed by atoms with E-state index in [1.165, 1.54) is 0 Å². The second-order valence-corrected chi connectivity index (χ2v) is 5.67. The minimum Gasteiger partial charge on any atom is -0.350 e. The second-order valence-electron chi connectivity index (χ2n) is 4.19. The largest absolute Gasteiger partial charge is 0.350 e. The summed E-state index contributed by atoms with van der Waals surface area (Å²) in [5.74, 6) is 0.299. The Balaban J connectivity index is 2.51. The van der Waals surface area contributed by atoms with Gasteiger partial charge in [0.15, 0.2) is 0 Å². The normalized spacial score (nSPS) is 12.5. The number of nitrogens with zero attached hydrogens (tertiary/aromatic N) is 1. The van der Waals surface area contributed by atoms with Gasteiger partial charge >= 0.3 is 0 Å². The zero-order valence-electron chi connectivity index (χ0n) is 10.6. The highest BCUT2D eigenvalue weighted by Gasteiger charge is 2.17. The molecule has 1 atom stereocenters. The van der Waals surface area contributed by atoms with Crippen molar-refractivity contribution in [2.45, 2.75) is 32.1 Å². The molecule has 18 heavy (non-hydrogen) atoms. The van der Waals surface area contributed by atoms with Gasteiger partial charge in [0.2, 0.25) is 0 Å². The number of carbonyl (C=O) groups is 1. The standard InChI is InChI=1S/C13H18BrClN2O/c1-3-9(4-2)12(15)8-17-13(18)10-5-11(14)7-16-6-10/h5-7,9,12H,3-4,8H2,1-2H3,(H,17,18). The lowest BCUT2D eigenvalue weighted by molar-refractivity contribution is 0.0951. The van der Waals surface area contributed by atoms with E-state index in [0.29, 0.717) is 18.0 Å². The van der Waals surface area contributed by atoms with Crippen LogP contribution >= 0.6 is 27.5 Å². The minimum absolute atomic E-state index is 0.0240. The highest BCUT2D eigenvalue weighted by molar-refractivity contribution is 9.10. The number of halogens is 2. The highest BCUT2D eigenvalue weighted by Crippen LogP contribution is 2.18. The summed E-state index contributed by atoms with van der Waals surface area (Å²) in [6.07, 6.45) is 5.24. The summed E-state index contributed by atoms with van der Waals surface area (Å²) in [5.41, 5.74) is 0.540. The van der Waals surface area contributed by atoms with E-state index in [2.05, 4.69) is 40.1 Å². The third-order valence-corrected chi connectivity index (χ3v) is 3.93. The van der Waals surface area contributed by atoms with Crippen LogP contribution in [0.2, 0.25) is 0 Å². The van der Waals surface area contributed by atoms with Crippen molar-refractivity contribution in [1.82, 2.24) is 10.3 Å². The molecule has 1 N–H and O–H groups in total. The Morgan fingerprint density at radius 1 is 1.44 bits per heavy atom. The van der Waals surface area contributed by atoms with Crippen molar-refractivity contribution in [3.05, 3.63) is 28.5 Å². The number of nitrogens with one attached hydrogen (secondary N) is 1. The lowest BCUT2D eigenvalue weighted by atomic mass is 9.99. The summed E-state index contributed by atoms with van der Waals surface area (Å²) in [6.45, 7) is 4.71. The van der Waals surface area contributed by atoms with Gasteiger partial charge in [-0.1, -0.05) is 26.7 Å². The third-order valence-electron chi connectivity index (χ3n) is 2.98. The Morgan fingerprint density at radius 2 is 2.11 bits per heavy atom. The molecule has 0 aliphatic rings. The molecule has 0 aliphatic heterocycles. The van der Waals surface area contributed by atoms with Crippen LogP contribution in [0.1, 0.15) is 37.0 Å². The summed E-state index contributed by atoms with van der Waals surface area (Å²) < 4.78 is 0.789. The first kappa shape index (κ1) is 15.4. The zero-order valence-corrected chi connectivity index (χ0v) is 13.0. The van der Waals surface area contributed by atoms with E-state index in [-0.39, 0.29) is 11.3 Å². The molecule has 1 aromatic heterocycles. The van der Waals surface area contributed by atoms with Crippen molar-refractivity contribution in [3.63, 3.8) is 0 Å². The van der Waals surface area contributed by atoms with Crippen LogP contribution in [0.5, 0.6) is 0 Å². The Kier molecular flexibility index (Phi) is 6.65.